The quantitative estimate of drug-likeness (QED) is 0.402. The van der Waals surface area contributed by atoms with Gasteiger partial charge >= 0.3 is 0 Å². The molecule has 1 amide bonds. The molecule has 1 aliphatic heterocycles. The Labute approximate surface area is 214 Å². The summed E-state index contributed by atoms with van der Waals surface area (Å²) in [5.74, 6) is 0.441. The number of anilines is 1. The molecule has 0 aliphatic carbocycles. The van der Waals surface area contributed by atoms with Crippen LogP contribution in [0.5, 0.6) is 11.5 Å². The lowest BCUT2D eigenvalue weighted by atomic mass is 10.1. The standard InChI is InChI=1S/C26H27BrN2O5S/c1-18-13-20-14-21(27)9-11-23(20)29(18)26(30)17-28(16-19-7-5-4-6-8-19)35(31,32)22-10-12-24(33-2)25(15-22)34-3/h4-12,14-15,18H,13,16-17H2,1-3H3. The van der Waals surface area contributed by atoms with Gasteiger partial charge in [-0.3, -0.25) is 4.79 Å². The van der Waals surface area contributed by atoms with E-state index in [9.17, 15) is 13.2 Å². The Kier molecular flexibility index (Phi) is 7.49. The van der Waals surface area contributed by atoms with E-state index in [0.29, 0.717) is 17.9 Å². The zero-order valence-electron chi connectivity index (χ0n) is 19.8. The molecule has 0 saturated heterocycles. The Balaban J connectivity index is 1.69. The van der Waals surface area contributed by atoms with Gasteiger partial charge in [0.1, 0.15) is 0 Å². The second-order valence-electron chi connectivity index (χ2n) is 8.37. The topological polar surface area (TPSA) is 76.2 Å². The predicted molar refractivity (Wildman–Crippen MR) is 138 cm³/mol. The van der Waals surface area contributed by atoms with Crippen LogP contribution in [0, 0.1) is 0 Å². The summed E-state index contributed by atoms with van der Waals surface area (Å²) >= 11 is 3.48. The SMILES string of the molecule is COc1ccc(S(=O)(=O)N(CC(=O)N2c3ccc(Br)cc3CC2C)Cc2ccccc2)cc1OC. The monoisotopic (exact) mass is 558 g/mol. The third-order valence-electron chi connectivity index (χ3n) is 6.03. The molecule has 1 unspecified atom stereocenters. The molecule has 9 heteroatoms. The Morgan fingerprint density at radius 1 is 1.03 bits per heavy atom. The molecule has 0 bridgehead atoms. The number of carbonyl (C=O) groups excluding carboxylic acids is 1. The number of benzene rings is 3. The van der Waals surface area contributed by atoms with E-state index in [-0.39, 0.29) is 29.9 Å². The molecule has 0 spiro atoms. The third-order valence-corrected chi connectivity index (χ3v) is 8.31. The number of halogens is 1. The second kappa shape index (κ2) is 10.4. The van der Waals surface area contributed by atoms with Gasteiger partial charge in [0.15, 0.2) is 11.5 Å². The number of ether oxygens (including phenoxy) is 2. The highest BCUT2D eigenvalue weighted by molar-refractivity contribution is 9.10. The highest BCUT2D eigenvalue weighted by Crippen LogP contribution is 2.35. The van der Waals surface area contributed by atoms with Crippen LogP contribution in [0.15, 0.2) is 76.1 Å². The molecule has 35 heavy (non-hydrogen) atoms. The normalized spacial score (nSPS) is 15.2. The van der Waals surface area contributed by atoms with Crippen molar-refractivity contribution in [3.63, 3.8) is 0 Å². The van der Waals surface area contributed by atoms with E-state index in [1.165, 1.54) is 30.7 Å². The van der Waals surface area contributed by atoms with Crippen LogP contribution in [-0.4, -0.2) is 45.4 Å². The molecule has 0 aromatic heterocycles. The third kappa shape index (κ3) is 5.22. The fourth-order valence-corrected chi connectivity index (χ4v) is 6.15. The molecule has 4 rings (SSSR count). The van der Waals surface area contributed by atoms with Crippen molar-refractivity contribution in [1.29, 1.82) is 0 Å². The van der Waals surface area contributed by atoms with Gasteiger partial charge in [-0.2, -0.15) is 4.31 Å². The van der Waals surface area contributed by atoms with Crippen LogP contribution in [0.1, 0.15) is 18.1 Å². The van der Waals surface area contributed by atoms with Gasteiger partial charge in [-0.25, -0.2) is 8.42 Å². The second-order valence-corrected chi connectivity index (χ2v) is 11.2. The highest BCUT2D eigenvalue weighted by Gasteiger charge is 2.35. The maximum Gasteiger partial charge on any atom is 0.243 e. The number of amides is 1. The molecule has 1 aliphatic rings. The molecule has 0 radical (unpaired) electrons. The zero-order chi connectivity index (χ0) is 25.2. The summed E-state index contributed by atoms with van der Waals surface area (Å²) in [5.41, 5.74) is 2.65. The Morgan fingerprint density at radius 3 is 2.43 bits per heavy atom. The first-order chi connectivity index (χ1) is 16.7. The summed E-state index contributed by atoms with van der Waals surface area (Å²) in [6.07, 6.45) is 0.710. The van der Waals surface area contributed by atoms with E-state index in [2.05, 4.69) is 15.9 Å². The van der Waals surface area contributed by atoms with Crippen LogP contribution in [0.2, 0.25) is 0 Å². The number of carbonyl (C=O) groups is 1. The van der Waals surface area contributed by atoms with Gasteiger partial charge in [0.2, 0.25) is 15.9 Å². The van der Waals surface area contributed by atoms with Crippen molar-refractivity contribution in [2.75, 3.05) is 25.7 Å². The van der Waals surface area contributed by atoms with Gasteiger partial charge in [-0.1, -0.05) is 46.3 Å². The summed E-state index contributed by atoms with van der Waals surface area (Å²) in [6.45, 7) is 1.72. The summed E-state index contributed by atoms with van der Waals surface area (Å²) in [5, 5.41) is 0. The van der Waals surface area contributed by atoms with Crippen molar-refractivity contribution in [1.82, 2.24) is 4.31 Å². The lowest BCUT2D eigenvalue weighted by molar-refractivity contribution is -0.119. The summed E-state index contributed by atoms with van der Waals surface area (Å²) < 4.78 is 40.3. The average Bonchev–Trinajstić information content (AvgIpc) is 3.18. The molecule has 0 fully saturated rings. The molecular weight excluding hydrogens is 532 g/mol. The molecule has 184 valence electrons. The van der Waals surface area contributed by atoms with Crippen molar-refractivity contribution in [2.24, 2.45) is 0 Å². The van der Waals surface area contributed by atoms with E-state index in [1.54, 1.807) is 11.0 Å². The number of rotatable bonds is 8. The van der Waals surface area contributed by atoms with E-state index < -0.39 is 10.0 Å². The molecule has 1 atom stereocenters. The molecule has 0 N–H and O–H groups in total. The van der Waals surface area contributed by atoms with Crippen molar-refractivity contribution in [3.05, 3.63) is 82.3 Å². The summed E-state index contributed by atoms with van der Waals surface area (Å²) in [6, 6.07) is 19.4. The van der Waals surface area contributed by atoms with Crippen LogP contribution in [-0.2, 0) is 27.8 Å². The minimum atomic E-state index is -4.04. The maximum atomic E-state index is 13.8. The van der Waals surface area contributed by atoms with Crippen molar-refractivity contribution < 1.29 is 22.7 Å². The van der Waals surface area contributed by atoms with Gasteiger partial charge in [-0.15, -0.1) is 0 Å². The molecule has 3 aromatic rings. The minimum absolute atomic E-state index is 0.0256. The largest absolute Gasteiger partial charge is 0.493 e. The van der Waals surface area contributed by atoms with Crippen molar-refractivity contribution >= 4 is 37.5 Å². The van der Waals surface area contributed by atoms with Crippen LogP contribution in [0.4, 0.5) is 5.69 Å². The lowest BCUT2D eigenvalue weighted by Crippen LogP contribution is -2.44. The van der Waals surface area contributed by atoms with Crippen LogP contribution < -0.4 is 14.4 Å². The van der Waals surface area contributed by atoms with E-state index >= 15 is 0 Å². The predicted octanol–water partition coefficient (Wildman–Crippen LogP) is 4.64. The van der Waals surface area contributed by atoms with E-state index in [4.69, 9.17) is 9.47 Å². The van der Waals surface area contributed by atoms with Gasteiger partial charge in [-0.05, 0) is 54.8 Å². The summed E-state index contributed by atoms with van der Waals surface area (Å²) in [7, 11) is -1.11. The molecule has 7 nitrogen and oxygen atoms in total. The summed E-state index contributed by atoms with van der Waals surface area (Å²) in [4.78, 5) is 15.3. The Hall–Kier alpha value is -2.88. The Bertz CT molecular complexity index is 1330. The first-order valence-corrected chi connectivity index (χ1v) is 13.3. The highest BCUT2D eigenvalue weighted by atomic mass is 79.9. The minimum Gasteiger partial charge on any atom is -0.493 e. The van der Waals surface area contributed by atoms with Gasteiger partial charge in [0.05, 0.1) is 25.7 Å². The number of nitrogens with zero attached hydrogens (tertiary/aromatic N) is 2. The van der Waals surface area contributed by atoms with E-state index in [1.807, 2.05) is 55.5 Å². The number of hydrogen-bond acceptors (Lipinski definition) is 5. The van der Waals surface area contributed by atoms with Crippen LogP contribution >= 0.6 is 15.9 Å². The van der Waals surface area contributed by atoms with Gasteiger partial charge in [0, 0.05) is 28.8 Å². The fourth-order valence-electron chi connectivity index (χ4n) is 4.35. The first-order valence-electron chi connectivity index (χ1n) is 11.1. The Morgan fingerprint density at radius 2 is 1.74 bits per heavy atom. The van der Waals surface area contributed by atoms with Crippen LogP contribution in [0.3, 0.4) is 0 Å². The van der Waals surface area contributed by atoms with Crippen molar-refractivity contribution in [3.8, 4) is 11.5 Å². The number of hydrogen-bond donors (Lipinski definition) is 0. The lowest BCUT2D eigenvalue weighted by Gasteiger charge is -2.28. The smallest absolute Gasteiger partial charge is 0.243 e. The maximum absolute atomic E-state index is 13.8. The zero-order valence-corrected chi connectivity index (χ0v) is 22.2. The van der Waals surface area contributed by atoms with Gasteiger partial charge < -0.3 is 14.4 Å². The van der Waals surface area contributed by atoms with E-state index in [0.717, 1.165) is 21.3 Å². The molecule has 0 saturated carbocycles. The number of sulfonamides is 1. The average molecular weight is 559 g/mol. The molecular formula is C26H27BrN2O5S. The molecule has 1 heterocycles. The molecule has 3 aromatic carbocycles. The number of methoxy groups -OCH3 is 2. The first kappa shape index (κ1) is 25.2. The van der Waals surface area contributed by atoms with Gasteiger partial charge in [0.25, 0.3) is 0 Å². The fraction of sp³-hybridized carbons (Fsp3) is 0.269. The van der Waals surface area contributed by atoms with Crippen LogP contribution in [0.25, 0.3) is 0 Å². The number of fused-ring (bicyclic) bond motifs is 1. The van der Waals surface area contributed by atoms with Crippen molar-refractivity contribution in [2.45, 2.75) is 30.8 Å².